The fourth-order valence-electron chi connectivity index (χ4n) is 4.46. The van der Waals surface area contributed by atoms with E-state index in [0.717, 1.165) is 38.9 Å². The molecule has 0 saturated carbocycles. The first kappa shape index (κ1) is 19.9. The number of phenols is 1. The number of hydrogen-bond donors (Lipinski definition) is 2. The van der Waals surface area contributed by atoms with E-state index in [4.69, 9.17) is 4.98 Å². The first-order valence-electron chi connectivity index (χ1n) is 11.0. The summed E-state index contributed by atoms with van der Waals surface area (Å²) in [6.07, 6.45) is 1.75. The first-order chi connectivity index (χ1) is 16.6. The molecule has 6 heteroatoms. The summed E-state index contributed by atoms with van der Waals surface area (Å²) in [7, 11) is 0. The van der Waals surface area contributed by atoms with Gasteiger partial charge in [0.2, 0.25) is 0 Å². The highest BCUT2D eigenvalue weighted by molar-refractivity contribution is 5.91. The second kappa shape index (κ2) is 7.71. The Labute approximate surface area is 194 Å². The van der Waals surface area contributed by atoms with E-state index in [1.807, 2.05) is 79.7 Å². The number of benzene rings is 3. The molecule has 6 nitrogen and oxygen atoms in total. The van der Waals surface area contributed by atoms with E-state index in [-0.39, 0.29) is 11.3 Å². The lowest BCUT2D eigenvalue weighted by Crippen LogP contribution is -2.19. The lowest BCUT2D eigenvalue weighted by Gasteiger charge is -2.08. The lowest BCUT2D eigenvalue weighted by atomic mass is 10.0. The maximum atomic E-state index is 13.8. The molecule has 3 heterocycles. The van der Waals surface area contributed by atoms with Crippen LogP contribution in [0.25, 0.3) is 50.1 Å². The van der Waals surface area contributed by atoms with E-state index in [2.05, 4.69) is 10.1 Å². The second-order valence-corrected chi connectivity index (χ2v) is 8.22. The zero-order chi connectivity index (χ0) is 23.2. The molecule has 6 rings (SSSR count). The van der Waals surface area contributed by atoms with Crippen LogP contribution in [0, 0.1) is 6.92 Å². The van der Waals surface area contributed by atoms with E-state index in [1.54, 1.807) is 18.3 Å². The number of fused-ring (bicyclic) bond motifs is 2. The van der Waals surface area contributed by atoms with Gasteiger partial charge in [-0.25, -0.2) is 4.98 Å². The minimum atomic E-state index is -0.173. The largest absolute Gasteiger partial charge is 0.508 e. The van der Waals surface area contributed by atoms with Crippen molar-refractivity contribution in [3.8, 4) is 39.3 Å². The number of H-pyrrole nitrogens is 1. The molecule has 0 aliphatic rings. The Morgan fingerprint density at radius 1 is 0.824 bits per heavy atom. The Morgan fingerprint density at radius 3 is 2.38 bits per heavy atom. The predicted molar refractivity (Wildman–Crippen MR) is 134 cm³/mol. The van der Waals surface area contributed by atoms with E-state index in [1.165, 1.54) is 4.52 Å². The van der Waals surface area contributed by atoms with Crippen LogP contribution >= 0.6 is 0 Å². The van der Waals surface area contributed by atoms with Crippen LogP contribution in [0.1, 0.15) is 5.69 Å². The molecule has 0 unspecified atom stereocenters. The van der Waals surface area contributed by atoms with E-state index in [9.17, 15) is 9.90 Å². The predicted octanol–water partition coefficient (Wildman–Crippen LogP) is 5.59. The van der Waals surface area contributed by atoms with E-state index < -0.39 is 0 Å². The molecule has 0 spiro atoms. The zero-order valence-electron chi connectivity index (χ0n) is 18.4. The number of nitrogens with zero attached hydrogens (tertiary/aromatic N) is 3. The Bertz CT molecular complexity index is 1730. The maximum absolute atomic E-state index is 13.8. The van der Waals surface area contributed by atoms with Gasteiger partial charge in [0.25, 0.3) is 5.56 Å². The summed E-state index contributed by atoms with van der Waals surface area (Å²) in [6, 6.07) is 26.4. The number of phenolic OH excluding ortho intramolecular Hbond substituents is 1. The molecule has 2 N–H and O–H groups in total. The quantitative estimate of drug-likeness (QED) is 0.373. The van der Waals surface area contributed by atoms with Gasteiger partial charge in [-0.05, 0) is 60.5 Å². The molecule has 34 heavy (non-hydrogen) atoms. The van der Waals surface area contributed by atoms with E-state index >= 15 is 0 Å². The number of aromatic amines is 1. The third-order valence-corrected chi connectivity index (χ3v) is 6.07. The van der Waals surface area contributed by atoms with Gasteiger partial charge in [0.05, 0.1) is 28.0 Å². The van der Waals surface area contributed by atoms with Crippen molar-refractivity contribution < 1.29 is 5.11 Å². The normalized spacial score (nSPS) is 11.3. The van der Waals surface area contributed by atoms with Gasteiger partial charge in [0.15, 0.2) is 5.65 Å². The van der Waals surface area contributed by atoms with Crippen LogP contribution in [0.15, 0.2) is 95.9 Å². The highest BCUT2D eigenvalue weighted by Crippen LogP contribution is 2.35. The van der Waals surface area contributed by atoms with Crippen LogP contribution in [0.5, 0.6) is 5.75 Å². The second-order valence-electron chi connectivity index (χ2n) is 8.22. The maximum Gasteiger partial charge on any atom is 0.280 e. The van der Waals surface area contributed by atoms with E-state index in [0.29, 0.717) is 16.9 Å². The van der Waals surface area contributed by atoms with Crippen molar-refractivity contribution in [1.29, 1.82) is 0 Å². The smallest absolute Gasteiger partial charge is 0.280 e. The van der Waals surface area contributed by atoms with Gasteiger partial charge in [0, 0.05) is 17.1 Å². The van der Waals surface area contributed by atoms with Gasteiger partial charge in [-0.15, -0.1) is 0 Å². The van der Waals surface area contributed by atoms with Gasteiger partial charge in [-0.1, -0.05) is 42.5 Å². The van der Waals surface area contributed by atoms with Crippen LogP contribution in [-0.2, 0) is 0 Å². The molecule has 3 aromatic carbocycles. The molecule has 164 valence electrons. The number of aromatic hydroxyl groups is 1. The Balaban J connectivity index is 1.65. The summed E-state index contributed by atoms with van der Waals surface area (Å²) in [5.74, 6) is 0.181. The average molecular weight is 444 g/mol. The molecule has 6 aromatic rings. The molecule has 0 radical (unpaired) electrons. The number of rotatable bonds is 3. The first-order valence-corrected chi connectivity index (χ1v) is 11.0. The number of nitrogens with one attached hydrogen (secondary N) is 1. The number of aromatic nitrogens is 4. The summed E-state index contributed by atoms with van der Waals surface area (Å²) < 4.78 is 1.51. The molecule has 0 bridgehead atoms. The molecule has 0 saturated heterocycles. The molecular weight excluding hydrogens is 424 g/mol. The van der Waals surface area contributed by atoms with Crippen molar-refractivity contribution in [2.45, 2.75) is 6.92 Å². The van der Waals surface area contributed by atoms with Crippen LogP contribution in [0.2, 0.25) is 0 Å². The molecule has 0 fully saturated rings. The Kier molecular flexibility index (Phi) is 4.52. The third-order valence-electron chi connectivity index (χ3n) is 6.07. The highest BCUT2D eigenvalue weighted by Gasteiger charge is 2.21. The summed E-state index contributed by atoms with van der Waals surface area (Å²) >= 11 is 0. The SMILES string of the molecule is Cc1nc2c(-c3ccccc3)c(-c3ccc(O)cc3)[nH]n2c(=O)c1-c1ccc2ncccc2c1. The standard InChI is InChI=1S/C28H20N4O2/c1-17-24(21-11-14-23-20(16-21)8-5-15-29-23)28(34)32-27(30-17)25(18-6-3-2-4-7-18)26(31-32)19-9-12-22(33)13-10-19/h2-16,31,33H,1H3. The topological polar surface area (TPSA) is 83.3 Å². The molecular formula is C28H20N4O2. The van der Waals surface area contributed by atoms with Crippen molar-refractivity contribution in [3.63, 3.8) is 0 Å². The summed E-state index contributed by atoms with van der Waals surface area (Å²) in [5.41, 5.74) is 6.64. The van der Waals surface area contributed by atoms with Gasteiger partial charge >= 0.3 is 0 Å². The number of hydrogen-bond acceptors (Lipinski definition) is 4. The summed E-state index contributed by atoms with van der Waals surface area (Å²) in [4.78, 5) is 23.1. The van der Waals surface area contributed by atoms with Gasteiger partial charge in [-0.2, -0.15) is 4.52 Å². The zero-order valence-corrected chi connectivity index (χ0v) is 18.4. The van der Waals surface area contributed by atoms with Gasteiger partial charge in [0.1, 0.15) is 5.75 Å². The van der Waals surface area contributed by atoms with Crippen LogP contribution < -0.4 is 5.56 Å². The summed E-state index contributed by atoms with van der Waals surface area (Å²) in [5, 5.41) is 14.0. The minimum Gasteiger partial charge on any atom is -0.508 e. The fourth-order valence-corrected chi connectivity index (χ4v) is 4.46. The summed E-state index contributed by atoms with van der Waals surface area (Å²) in [6.45, 7) is 1.87. The molecule has 0 aliphatic carbocycles. The Hall–Kier alpha value is -4.71. The van der Waals surface area contributed by atoms with Crippen molar-refractivity contribution in [3.05, 3.63) is 107 Å². The lowest BCUT2D eigenvalue weighted by molar-refractivity contribution is 0.475. The van der Waals surface area contributed by atoms with Crippen molar-refractivity contribution in [1.82, 2.24) is 19.6 Å². The average Bonchev–Trinajstić information content (AvgIpc) is 3.24. The van der Waals surface area contributed by atoms with Crippen LogP contribution in [0.4, 0.5) is 0 Å². The molecule has 3 aromatic heterocycles. The van der Waals surface area contributed by atoms with Crippen LogP contribution in [-0.4, -0.2) is 24.7 Å². The fraction of sp³-hybridized carbons (Fsp3) is 0.0357. The van der Waals surface area contributed by atoms with Gasteiger partial charge < -0.3 is 5.11 Å². The number of pyridine rings is 1. The van der Waals surface area contributed by atoms with Crippen molar-refractivity contribution in [2.75, 3.05) is 0 Å². The molecule has 0 amide bonds. The third kappa shape index (κ3) is 3.16. The highest BCUT2D eigenvalue weighted by atomic mass is 16.3. The van der Waals surface area contributed by atoms with Crippen LogP contribution in [0.3, 0.4) is 0 Å². The molecule has 0 atom stereocenters. The van der Waals surface area contributed by atoms with Crippen molar-refractivity contribution >= 4 is 16.6 Å². The van der Waals surface area contributed by atoms with Crippen molar-refractivity contribution in [2.24, 2.45) is 0 Å². The molecule has 0 aliphatic heterocycles. The number of aryl methyl sites for hydroxylation is 1. The monoisotopic (exact) mass is 444 g/mol. The van der Waals surface area contributed by atoms with Gasteiger partial charge in [-0.3, -0.25) is 14.9 Å². The minimum absolute atomic E-state index is 0.173. The Morgan fingerprint density at radius 2 is 1.59 bits per heavy atom.